The van der Waals surface area contributed by atoms with Crippen molar-refractivity contribution in [1.29, 1.82) is 0 Å². The van der Waals surface area contributed by atoms with Gasteiger partial charge in [-0.25, -0.2) is 0 Å². The van der Waals surface area contributed by atoms with Crippen LogP contribution in [-0.4, -0.2) is 5.78 Å². The molecule has 0 amide bonds. The summed E-state index contributed by atoms with van der Waals surface area (Å²) >= 11 is 0. The number of carbonyl (C=O) groups excluding carboxylic acids is 1. The van der Waals surface area contributed by atoms with Crippen molar-refractivity contribution in [3.63, 3.8) is 0 Å². The van der Waals surface area contributed by atoms with Crippen molar-refractivity contribution in [3.8, 4) is 0 Å². The van der Waals surface area contributed by atoms with Gasteiger partial charge in [0.05, 0.1) is 0 Å². The van der Waals surface area contributed by atoms with Crippen LogP contribution in [0.2, 0.25) is 0 Å². The highest BCUT2D eigenvalue weighted by atomic mass is 16.1. The Morgan fingerprint density at radius 3 is 2.56 bits per heavy atom. The highest BCUT2D eigenvalue weighted by Crippen LogP contribution is 2.76. The molecular formula is C15H24O. The molecule has 1 spiro atoms. The summed E-state index contributed by atoms with van der Waals surface area (Å²) in [6.07, 6.45) is 5.83. The number of carbonyl (C=O) groups is 1. The molecule has 0 N–H and O–H groups in total. The number of hydrogen-bond donors (Lipinski definition) is 0. The van der Waals surface area contributed by atoms with Gasteiger partial charge in [0.15, 0.2) is 0 Å². The lowest BCUT2D eigenvalue weighted by Gasteiger charge is -2.40. The van der Waals surface area contributed by atoms with Crippen LogP contribution >= 0.6 is 0 Å². The summed E-state index contributed by atoms with van der Waals surface area (Å²) in [6, 6.07) is 0. The molecule has 0 heterocycles. The molecule has 0 aromatic carbocycles. The maximum absolute atomic E-state index is 12.6. The minimum absolute atomic E-state index is 0.0660. The lowest BCUT2D eigenvalue weighted by molar-refractivity contribution is -0.133. The Hall–Kier alpha value is -0.330. The summed E-state index contributed by atoms with van der Waals surface area (Å²) in [5, 5.41) is 0. The molecular weight excluding hydrogens is 196 g/mol. The fourth-order valence-corrected chi connectivity index (χ4v) is 6.21. The zero-order valence-electron chi connectivity index (χ0n) is 11.1. The van der Waals surface area contributed by atoms with Crippen molar-refractivity contribution in [2.75, 3.05) is 0 Å². The van der Waals surface area contributed by atoms with Crippen LogP contribution < -0.4 is 0 Å². The van der Waals surface area contributed by atoms with E-state index in [1.807, 2.05) is 0 Å². The molecule has 4 atom stereocenters. The standard InChI is InChI=1S/C15H24O/c1-10-5-6-11-13(2,3)9-14(4)8-7-12(16)15(10,11)14/h10-11H,5-9H2,1-4H3/t10-,11+,14+,15?/m1/s1. The van der Waals surface area contributed by atoms with E-state index in [0.717, 1.165) is 12.8 Å². The highest BCUT2D eigenvalue weighted by molar-refractivity contribution is 5.90. The van der Waals surface area contributed by atoms with E-state index in [1.165, 1.54) is 19.3 Å². The zero-order valence-corrected chi connectivity index (χ0v) is 11.1. The van der Waals surface area contributed by atoms with Crippen molar-refractivity contribution in [1.82, 2.24) is 0 Å². The third-order valence-corrected chi connectivity index (χ3v) is 6.37. The number of rotatable bonds is 0. The van der Waals surface area contributed by atoms with E-state index in [9.17, 15) is 4.79 Å². The fourth-order valence-electron chi connectivity index (χ4n) is 6.21. The predicted molar refractivity (Wildman–Crippen MR) is 65.1 cm³/mol. The zero-order chi connectivity index (χ0) is 11.8. The average molecular weight is 220 g/mol. The summed E-state index contributed by atoms with van der Waals surface area (Å²) in [4.78, 5) is 12.6. The van der Waals surface area contributed by atoms with E-state index in [4.69, 9.17) is 0 Å². The van der Waals surface area contributed by atoms with E-state index < -0.39 is 0 Å². The molecule has 16 heavy (non-hydrogen) atoms. The molecule has 1 nitrogen and oxygen atoms in total. The Morgan fingerprint density at radius 1 is 1.19 bits per heavy atom. The second-order valence-electron chi connectivity index (χ2n) is 7.55. The maximum Gasteiger partial charge on any atom is 0.140 e. The van der Waals surface area contributed by atoms with Gasteiger partial charge in [0.25, 0.3) is 0 Å². The van der Waals surface area contributed by atoms with Crippen LogP contribution in [0.15, 0.2) is 0 Å². The van der Waals surface area contributed by atoms with Crippen LogP contribution in [0.5, 0.6) is 0 Å². The Bertz CT molecular complexity index is 356. The van der Waals surface area contributed by atoms with Gasteiger partial charge in [-0.1, -0.05) is 27.7 Å². The van der Waals surface area contributed by atoms with Crippen molar-refractivity contribution < 1.29 is 4.79 Å². The fraction of sp³-hybridized carbons (Fsp3) is 0.933. The van der Waals surface area contributed by atoms with E-state index in [1.54, 1.807) is 0 Å². The second-order valence-corrected chi connectivity index (χ2v) is 7.55. The number of Topliss-reactive ketones (excluding diaryl/α,β-unsaturated/α-hetero) is 1. The SMILES string of the molecule is C[C@@H]1CC[C@H]2C(C)(C)C[C@]3(C)CCC(=O)C123. The molecule has 3 aliphatic carbocycles. The van der Waals surface area contributed by atoms with Gasteiger partial charge in [0, 0.05) is 11.8 Å². The molecule has 3 rings (SSSR count). The Kier molecular flexibility index (Phi) is 1.85. The number of ketones is 1. The summed E-state index contributed by atoms with van der Waals surface area (Å²) in [5.41, 5.74) is 0.764. The van der Waals surface area contributed by atoms with E-state index >= 15 is 0 Å². The van der Waals surface area contributed by atoms with Crippen LogP contribution in [0.25, 0.3) is 0 Å². The molecule has 0 saturated heterocycles. The van der Waals surface area contributed by atoms with Gasteiger partial charge in [-0.05, 0) is 48.3 Å². The smallest absolute Gasteiger partial charge is 0.140 e. The van der Waals surface area contributed by atoms with Gasteiger partial charge >= 0.3 is 0 Å². The van der Waals surface area contributed by atoms with Crippen LogP contribution in [-0.2, 0) is 4.79 Å². The average Bonchev–Trinajstić information content (AvgIpc) is 2.68. The quantitative estimate of drug-likeness (QED) is 0.606. The lowest BCUT2D eigenvalue weighted by Crippen LogP contribution is -2.42. The third kappa shape index (κ3) is 0.889. The van der Waals surface area contributed by atoms with E-state index in [-0.39, 0.29) is 5.41 Å². The molecule has 3 aliphatic rings. The van der Waals surface area contributed by atoms with Gasteiger partial charge in [-0.3, -0.25) is 4.79 Å². The lowest BCUT2D eigenvalue weighted by atomic mass is 9.61. The molecule has 0 aliphatic heterocycles. The molecule has 0 aromatic heterocycles. The summed E-state index contributed by atoms with van der Waals surface area (Å²) in [6.45, 7) is 9.53. The molecule has 90 valence electrons. The van der Waals surface area contributed by atoms with Crippen LogP contribution in [0, 0.1) is 28.1 Å². The largest absolute Gasteiger partial charge is 0.299 e. The monoisotopic (exact) mass is 220 g/mol. The summed E-state index contributed by atoms with van der Waals surface area (Å²) in [5.74, 6) is 1.89. The first kappa shape index (κ1) is 10.8. The predicted octanol–water partition coefficient (Wildman–Crippen LogP) is 3.82. The third-order valence-electron chi connectivity index (χ3n) is 6.37. The van der Waals surface area contributed by atoms with Crippen molar-refractivity contribution >= 4 is 5.78 Å². The topological polar surface area (TPSA) is 17.1 Å². The first-order chi connectivity index (χ1) is 7.34. The van der Waals surface area contributed by atoms with Crippen molar-refractivity contribution in [2.24, 2.45) is 28.1 Å². The molecule has 1 unspecified atom stereocenters. The molecule has 0 aromatic rings. The van der Waals surface area contributed by atoms with E-state index in [0.29, 0.717) is 28.4 Å². The minimum atomic E-state index is 0.0660. The highest BCUT2D eigenvalue weighted by Gasteiger charge is 2.73. The summed E-state index contributed by atoms with van der Waals surface area (Å²) < 4.78 is 0. The van der Waals surface area contributed by atoms with Gasteiger partial charge in [-0.2, -0.15) is 0 Å². The van der Waals surface area contributed by atoms with Gasteiger partial charge in [-0.15, -0.1) is 0 Å². The van der Waals surface area contributed by atoms with Crippen LogP contribution in [0.1, 0.15) is 59.8 Å². The number of hydrogen-bond acceptors (Lipinski definition) is 1. The normalized spacial score (nSPS) is 54.1. The Balaban J connectivity index is 2.20. The molecule has 3 saturated carbocycles. The van der Waals surface area contributed by atoms with Gasteiger partial charge in [0.2, 0.25) is 0 Å². The minimum Gasteiger partial charge on any atom is -0.299 e. The van der Waals surface area contributed by atoms with Gasteiger partial charge < -0.3 is 0 Å². The first-order valence-corrected chi connectivity index (χ1v) is 6.88. The second kappa shape index (κ2) is 2.73. The summed E-state index contributed by atoms with van der Waals surface area (Å²) in [7, 11) is 0. The van der Waals surface area contributed by atoms with Gasteiger partial charge in [0.1, 0.15) is 5.78 Å². The molecule has 0 radical (unpaired) electrons. The van der Waals surface area contributed by atoms with E-state index in [2.05, 4.69) is 27.7 Å². The molecule has 0 bridgehead atoms. The first-order valence-electron chi connectivity index (χ1n) is 6.88. The Morgan fingerprint density at radius 2 is 1.88 bits per heavy atom. The van der Waals surface area contributed by atoms with Crippen LogP contribution in [0.3, 0.4) is 0 Å². The molecule has 1 heteroatoms. The van der Waals surface area contributed by atoms with Crippen molar-refractivity contribution in [3.05, 3.63) is 0 Å². The molecule has 3 fully saturated rings. The Labute approximate surface area is 99.0 Å². The maximum atomic E-state index is 12.6. The van der Waals surface area contributed by atoms with Crippen LogP contribution in [0.4, 0.5) is 0 Å². The van der Waals surface area contributed by atoms with Crippen molar-refractivity contribution in [2.45, 2.75) is 59.8 Å².